The molecule has 1 heterocycles. The number of fused-ring (bicyclic) bond motifs is 2. The van der Waals surface area contributed by atoms with Gasteiger partial charge in [0.05, 0.1) is 6.10 Å². The molecule has 0 radical (unpaired) electrons. The highest BCUT2D eigenvalue weighted by Crippen LogP contribution is 2.73. The molecule has 0 amide bonds. The van der Waals surface area contributed by atoms with E-state index in [2.05, 4.69) is 59.8 Å². The van der Waals surface area contributed by atoms with Crippen LogP contribution in [0.5, 0.6) is 0 Å². The molecule has 180 valence electrons. The van der Waals surface area contributed by atoms with E-state index in [0.29, 0.717) is 36.0 Å². The third-order valence-electron chi connectivity index (χ3n) is 11.2. The second-order valence-electron chi connectivity index (χ2n) is 12.8. The largest absolute Gasteiger partial charge is 0.393 e. The van der Waals surface area contributed by atoms with E-state index < -0.39 is 23.4 Å². The zero-order valence-corrected chi connectivity index (χ0v) is 20.9. The van der Waals surface area contributed by atoms with Gasteiger partial charge in [0.25, 0.3) is 0 Å². The predicted octanol–water partition coefficient (Wildman–Crippen LogP) is 5.59. The Kier molecular flexibility index (Phi) is 5.34. The van der Waals surface area contributed by atoms with Crippen LogP contribution in [0.1, 0.15) is 86.5 Å². The van der Waals surface area contributed by atoms with Gasteiger partial charge in [0.1, 0.15) is 17.3 Å². The second kappa shape index (κ2) is 7.41. The van der Waals surface area contributed by atoms with E-state index in [9.17, 15) is 10.2 Å². The van der Waals surface area contributed by atoms with Gasteiger partial charge in [0.15, 0.2) is 0 Å². The monoisotopic (exact) mass is 444 g/mol. The number of rotatable bonds is 4. The summed E-state index contributed by atoms with van der Waals surface area (Å²) in [6.45, 7) is 14.1. The van der Waals surface area contributed by atoms with Gasteiger partial charge in [-0.2, -0.15) is 0 Å². The summed E-state index contributed by atoms with van der Waals surface area (Å²) in [5, 5.41) is 21.8. The SMILES string of the molecule is CC(C)[C@@H](C)/C=C/[C@@H](C)[C@H]1CC[C@H]2C3=C[C@H](O)[C@@]45C[C@@H](O)CC[C@]4(C)[C@]3(CC[C@]12C)OO5. The maximum absolute atomic E-state index is 11.4. The van der Waals surface area contributed by atoms with E-state index in [-0.39, 0.29) is 10.8 Å². The van der Waals surface area contributed by atoms with Crippen molar-refractivity contribution < 1.29 is 20.0 Å². The van der Waals surface area contributed by atoms with Crippen molar-refractivity contribution in [2.45, 2.75) is 110 Å². The number of hydrogen-bond acceptors (Lipinski definition) is 4. The summed E-state index contributed by atoms with van der Waals surface area (Å²) in [5.41, 5.74) is -0.0297. The molecule has 32 heavy (non-hydrogen) atoms. The molecule has 1 spiro atoms. The van der Waals surface area contributed by atoms with Crippen LogP contribution in [0.15, 0.2) is 23.8 Å². The predicted molar refractivity (Wildman–Crippen MR) is 126 cm³/mol. The quantitative estimate of drug-likeness (QED) is 0.438. The molecule has 3 saturated carbocycles. The highest BCUT2D eigenvalue weighted by atomic mass is 17.2. The lowest BCUT2D eigenvalue weighted by Gasteiger charge is -2.60. The minimum atomic E-state index is -0.817. The molecule has 10 atom stereocenters. The Morgan fingerprint density at radius 2 is 1.72 bits per heavy atom. The molecule has 4 nitrogen and oxygen atoms in total. The Hall–Kier alpha value is -0.680. The summed E-state index contributed by atoms with van der Waals surface area (Å²) in [6.07, 6.45) is 12.4. The highest BCUT2D eigenvalue weighted by molar-refractivity contribution is 5.42. The Balaban J connectivity index is 1.47. The third kappa shape index (κ3) is 2.76. The van der Waals surface area contributed by atoms with Crippen LogP contribution >= 0.6 is 0 Å². The first-order chi connectivity index (χ1) is 15.0. The van der Waals surface area contributed by atoms with Gasteiger partial charge in [-0.05, 0) is 79.1 Å². The molecule has 5 aliphatic rings. The first-order valence-electron chi connectivity index (χ1n) is 13.1. The first-order valence-corrected chi connectivity index (χ1v) is 13.1. The summed E-state index contributed by atoms with van der Waals surface area (Å²) in [7, 11) is 0. The third-order valence-corrected chi connectivity index (χ3v) is 11.2. The van der Waals surface area contributed by atoms with Crippen molar-refractivity contribution in [1.29, 1.82) is 0 Å². The lowest BCUT2D eigenvalue weighted by molar-refractivity contribution is -0.357. The van der Waals surface area contributed by atoms with E-state index in [1.807, 2.05) is 0 Å². The van der Waals surface area contributed by atoms with Crippen LogP contribution in [-0.4, -0.2) is 33.6 Å². The Morgan fingerprint density at radius 3 is 2.44 bits per heavy atom. The molecule has 0 aromatic rings. The summed E-state index contributed by atoms with van der Waals surface area (Å²) >= 11 is 0. The van der Waals surface area contributed by atoms with Crippen molar-refractivity contribution in [3.8, 4) is 0 Å². The number of allylic oxidation sites excluding steroid dienone is 2. The van der Waals surface area contributed by atoms with Gasteiger partial charge < -0.3 is 10.2 Å². The summed E-state index contributed by atoms with van der Waals surface area (Å²) < 4.78 is 0. The first kappa shape index (κ1) is 23.1. The summed E-state index contributed by atoms with van der Waals surface area (Å²) in [6, 6.07) is 0. The van der Waals surface area contributed by atoms with Gasteiger partial charge in [-0.25, -0.2) is 9.78 Å². The van der Waals surface area contributed by atoms with E-state index in [0.717, 1.165) is 32.1 Å². The molecule has 0 aromatic heterocycles. The van der Waals surface area contributed by atoms with E-state index in [1.54, 1.807) is 0 Å². The van der Waals surface area contributed by atoms with Crippen molar-refractivity contribution >= 4 is 0 Å². The fourth-order valence-corrected chi connectivity index (χ4v) is 8.56. The molecule has 1 aliphatic heterocycles. The van der Waals surface area contributed by atoms with Crippen LogP contribution in [-0.2, 0) is 9.78 Å². The number of aliphatic hydroxyl groups excluding tert-OH is 2. The van der Waals surface area contributed by atoms with Crippen molar-refractivity contribution in [2.75, 3.05) is 0 Å². The van der Waals surface area contributed by atoms with E-state index in [4.69, 9.17) is 9.78 Å². The number of hydrogen-bond donors (Lipinski definition) is 2. The Bertz CT molecular complexity index is 818. The smallest absolute Gasteiger partial charge is 0.144 e. The van der Waals surface area contributed by atoms with Gasteiger partial charge in [0, 0.05) is 11.8 Å². The van der Waals surface area contributed by atoms with Gasteiger partial charge >= 0.3 is 0 Å². The van der Waals surface area contributed by atoms with Crippen LogP contribution in [0, 0.1) is 40.4 Å². The molecule has 4 heteroatoms. The molecule has 0 unspecified atom stereocenters. The van der Waals surface area contributed by atoms with Gasteiger partial charge in [-0.1, -0.05) is 59.8 Å². The summed E-state index contributed by atoms with van der Waals surface area (Å²) in [5.74, 6) is 2.90. The zero-order chi connectivity index (χ0) is 23.1. The minimum Gasteiger partial charge on any atom is -0.393 e. The molecule has 4 aliphatic carbocycles. The van der Waals surface area contributed by atoms with Crippen molar-refractivity contribution in [3.05, 3.63) is 23.8 Å². The second-order valence-corrected chi connectivity index (χ2v) is 12.8. The molecule has 0 aromatic carbocycles. The van der Waals surface area contributed by atoms with Gasteiger partial charge in [0.2, 0.25) is 0 Å². The van der Waals surface area contributed by atoms with Gasteiger partial charge in [-0.3, -0.25) is 0 Å². The summed E-state index contributed by atoms with van der Waals surface area (Å²) in [4.78, 5) is 12.4. The van der Waals surface area contributed by atoms with E-state index >= 15 is 0 Å². The van der Waals surface area contributed by atoms with Crippen LogP contribution in [0.2, 0.25) is 0 Å². The average Bonchev–Trinajstić information content (AvgIpc) is 3.18. The molecule has 2 bridgehead atoms. The lowest BCUT2D eigenvalue weighted by atomic mass is 9.44. The van der Waals surface area contributed by atoms with Crippen LogP contribution in [0.4, 0.5) is 0 Å². The lowest BCUT2D eigenvalue weighted by Crippen LogP contribution is -2.67. The van der Waals surface area contributed by atoms with Crippen molar-refractivity contribution in [1.82, 2.24) is 0 Å². The molecule has 2 N–H and O–H groups in total. The standard InChI is InChI=1S/C28H44O4/c1-17(2)18(3)7-8-19(4)21-9-10-22-23-15-24(30)28-16-20(29)11-12-26(28,6)27(23,31-32-28)14-13-25(21,22)5/h7-8,15,17-22,24,29-30H,9-14,16H2,1-6H3/b8-7+/t18-,19+,20-,21+,22-,24-,25+,26+,27+,28-/m0/s1. The Morgan fingerprint density at radius 1 is 0.969 bits per heavy atom. The molecule has 5 rings (SSSR count). The van der Waals surface area contributed by atoms with Crippen LogP contribution in [0.25, 0.3) is 0 Å². The zero-order valence-electron chi connectivity index (χ0n) is 20.9. The normalized spacial score (nSPS) is 51.8. The van der Waals surface area contributed by atoms with Crippen LogP contribution in [0.3, 0.4) is 0 Å². The maximum atomic E-state index is 11.4. The molecular formula is C28H44O4. The maximum Gasteiger partial charge on any atom is 0.144 e. The van der Waals surface area contributed by atoms with Crippen molar-refractivity contribution in [3.63, 3.8) is 0 Å². The molecule has 1 saturated heterocycles. The van der Waals surface area contributed by atoms with Crippen molar-refractivity contribution in [2.24, 2.45) is 40.4 Å². The molecular weight excluding hydrogens is 400 g/mol. The topological polar surface area (TPSA) is 58.9 Å². The Labute approximate surface area is 194 Å². The van der Waals surface area contributed by atoms with Gasteiger partial charge in [-0.15, -0.1) is 0 Å². The highest BCUT2D eigenvalue weighted by Gasteiger charge is 2.78. The fourth-order valence-electron chi connectivity index (χ4n) is 8.56. The minimum absolute atomic E-state index is 0.220. The molecule has 4 fully saturated rings. The van der Waals surface area contributed by atoms with Crippen LogP contribution < -0.4 is 0 Å². The fraction of sp³-hybridized carbons (Fsp3) is 0.857. The van der Waals surface area contributed by atoms with E-state index in [1.165, 1.54) is 12.0 Å². The number of aliphatic hydroxyl groups is 2. The average molecular weight is 445 g/mol.